The van der Waals surface area contributed by atoms with E-state index in [-0.39, 0.29) is 39.6 Å². The lowest BCUT2D eigenvalue weighted by Crippen LogP contribution is -2.40. The van der Waals surface area contributed by atoms with Gasteiger partial charge in [0.15, 0.2) is 0 Å². The van der Waals surface area contributed by atoms with Crippen LogP contribution in [0.25, 0.3) is 0 Å². The summed E-state index contributed by atoms with van der Waals surface area (Å²) in [6, 6.07) is 9.21. The van der Waals surface area contributed by atoms with Crippen molar-refractivity contribution >= 4 is 50.7 Å². The second-order valence-corrected chi connectivity index (χ2v) is 9.69. The summed E-state index contributed by atoms with van der Waals surface area (Å²) in [5.74, 6) is -0.516. The molecule has 1 aliphatic rings. The molecule has 1 unspecified atom stereocenters. The fourth-order valence-electron chi connectivity index (χ4n) is 2.96. The molecule has 0 saturated carbocycles. The van der Waals surface area contributed by atoms with Crippen molar-refractivity contribution in [3.05, 3.63) is 62.6 Å². The third-order valence-electron chi connectivity index (χ3n) is 4.55. The molecule has 0 aliphatic carbocycles. The molecular weight excluding hydrogens is 459 g/mol. The van der Waals surface area contributed by atoms with Crippen molar-refractivity contribution in [1.82, 2.24) is 9.62 Å². The maximum absolute atomic E-state index is 13.0. The van der Waals surface area contributed by atoms with Gasteiger partial charge in [-0.3, -0.25) is 4.79 Å². The number of ether oxygens (including phenoxy) is 1. The van der Waals surface area contributed by atoms with Gasteiger partial charge in [-0.2, -0.15) is 4.31 Å². The van der Waals surface area contributed by atoms with Crippen LogP contribution in [0.15, 0.2) is 41.3 Å². The molecule has 0 aromatic heterocycles. The van der Waals surface area contributed by atoms with E-state index in [9.17, 15) is 13.2 Å². The normalized spacial score (nSPS) is 16.4. The van der Waals surface area contributed by atoms with Gasteiger partial charge >= 0.3 is 0 Å². The van der Waals surface area contributed by atoms with Crippen molar-refractivity contribution in [1.29, 1.82) is 0 Å². The Kier molecular flexibility index (Phi) is 7.09. The molecule has 1 amide bonds. The number of nitrogens with zero attached hydrogens (tertiary/aromatic N) is 1. The summed E-state index contributed by atoms with van der Waals surface area (Å²) in [6.45, 7) is 2.83. The van der Waals surface area contributed by atoms with E-state index in [4.69, 9.17) is 39.5 Å². The molecule has 29 heavy (non-hydrogen) atoms. The molecule has 0 bridgehead atoms. The summed E-state index contributed by atoms with van der Waals surface area (Å²) in [7, 11) is -3.89. The smallest absolute Gasteiger partial charge is 0.253 e. The van der Waals surface area contributed by atoms with Crippen LogP contribution in [-0.2, 0) is 14.8 Å². The first-order valence-corrected chi connectivity index (χ1v) is 11.4. The van der Waals surface area contributed by atoms with Gasteiger partial charge < -0.3 is 10.1 Å². The zero-order valence-electron chi connectivity index (χ0n) is 15.5. The molecule has 156 valence electrons. The van der Waals surface area contributed by atoms with E-state index in [2.05, 4.69) is 5.32 Å². The molecule has 1 N–H and O–H groups in total. The highest BCUT2D eigenvalue weighted by molar-refractivity contribution is 7.89. The third kappa shape index (κ3) is 5.05. The minimum Gasteiger partial charge on any atom is -0.379 e. The van der Waals surface area contributed by atoms with Crippen LogP contribution in [0, 0.1) is 0 Å². The topological polar surface area (TPSA) is 75.7 Å². The maximum atomic E-state index is 13.0. The number of nitrogens with one attached hydrogen (secondary N) is 1. The second kappa shape index (κ2) is 9.20. The summed E-state index contributed by atoms with van der Waals surface area (Å²) < 4.78 is 32.4. The third-order valence-corrected chi connectivity index (χ3v) is 7.46. The Morgan fingerprint density at radius 2 is 1.79 bits per heavy atom. The Labute approximate surface area is 184 Å². The zero-order valence-corrected chi connectivity index (χ0v) is 18.6. The zero-order chi connectivity index (χ0) is 21.2. The second-order valence-electron chi connectivity index (χ2n) is 6.53. The highest BCUT2D eigenvalue weighted by Crippen LogP contribution is 2.31. The van der Waals surface area contributed by atoms with Crippen LogP contribution >= 0.6 is 34.8 Å². The number of carbonyl (C=O) groups is 1. The molecule has 0 spiro atoms. The standard InChI is InChI=1S/C19H19Cl3N2O4S/c1-12(13-3-2-4-14(20)9-13)23-19(25)15-10-18(17(22)11-16(15)21)29(26,27)24-5-7-28-8-6-24/h2-4,9-12H,5-8H2,1H3,(H,23,25). The molecule has 6 nitrogen and oxygen atoms in total. The highest BCUT2D eigenvalue weighted by Gasteiger charge is 2.30. The number of sulfonamides is 1. The van der Waals surface area contributed by atoms with Crippen LogP contribution in [0.2, 0.25) is 15.1 Å². The summed E-state index contributed by atoms with van der Waals surface area (Å²) in [5, 5.41) is 3.37. The van der Waals surface area contributed by atoms with E-state index < -0.39 is 15.9 Å². The van der Waals surface area contributed by atoms with Gasteiger partial charge in [0.2, 0.25) is 10.0 Å². The van der Waals surface area contributed by atoms with Crippen molar-refractivity contribution < 1.29 is 17.9 Å². The lowest BCUT2D eigenvalue weighted by atomic mass is 10.1. The van der Waals surface area contributed by atoms with E-state index in [1.165, 1.54) is 16.4 Å². The Morgan fingerprint density at radius 3 is 2.45 bits per heavy atom. The first-order chi connectivity index (χ1) is 13.7. The summed E-state index contributed by atoms with van der Waals surface area (Å²) in [5.41, 5.74) is 0.828. The predicted molar refractivity (Wildman–Crippen MR) is 113 cm³/mol. The van der Waals surface area contributed by atoms with Crippen molar-refractivity contribution in [2.24, 2.45) is 0 Å². The minimum atomic E-state index is -3.89. The SMILES string of the molecule is CC(NC(=O)c1cc(S(=O)(=O)N2CCOCC2)c(Cl)cc1Cl)c1cccc(Cl)c1. The number of rotatable bonds is 5. The molecule has 1 fully saturated rings. The largest absolute Gasteiger partial charge is 0.379 e. The van der Waals surface area contributed by atoms with Crippen molar-refractivity contribution in [2.75, 3.05) is 26.3 Å². The number of hydrogen-bond donors (Lipinski definition) is 1. The fourth-order valence-corrected chi connectivity index (χ4v) is 5.40. The van der Waals surface area contributed by atoms with Crippen molar-refractivity contribution in [3.63, 3.8) is 0 Å². The van der Waals surface area contributed by atoms with E-state index in [1.807, 2.05) is 6.07 Å². The Hall–Kier alpha value is -1.35. The lowest BCUT2D eigenvalue weighted by molar-refractivity contribution is 0.0730. The number of halogens is 3. The van der Waals surface area contributed by atoms with Crippen LogP contribution in [-0.4, -0.2) is 44.9 Å². The Bertz CT molecular complexity index is 1020. The van der Waals surface area contributed by atoms with Crippen LogP contribution in [0.1, 0.15) is 28.9 Å². The first kappa shape index (κ1) is 22.3. The van der Waals surface area contributed by atoms with Crippen molar-refractivity contribution in [2.45, 2.75) is 17.9 Å². The molecule has 1 aliphatic heterocycles. The van der Waals surface area contributed by atoms with Gasteiger partial charge in [0.25, 0.3) is 5.91 Å². The minimum absolute atomic E-state index is 0.0248. The van der Waals surface area contributed by atoms with Gasteiger partial charge in [0, 0.05) is 18.1 Å². The quantitative estimate of drug-likeness (QED) is 0.702. The van der Waals surface area contributed by atoms with Gasteiger partial charge in [-0.1, -0.05) is 46.9 Å². The van der Waals surface area contributed by atoms with Gasteiger partial charge in [0.1, 0.15) is 4.90 Å². The molecule has 2 aromatic rings. The molecule has 1 atom stereocenters. The number of carbonyl (C=O) groups excluding carboxylic acids is 1. The van der Waals surface area contributed by atoms with Gasteiger partial charge in [0.05, 0.1) is 34.9 Å². The van der Waals surface area contributed by atoms with E-state index in [1.54, 1.807) is 25.1 Å². The van der Waals surface area contributed by atoms with Crippen LogP contribution in [0.4, 0.5) is 0 Å². The van der Waals surface area contributed by atoms with Gasteiger partial charge in [-0.05, 0) is 36.8 Å². The summed E-state index contributed by atoms with van der Waals surface area (Å²) in [6.07, 6.45) is 0. The Balaban J connectivity index is 1.89. The fraction of sp³-hybridized carbons (Fsp3) is 0.316. The molecule has 3 rings (SSSR count). The lowest BCUT2D eigenvalue weighted by Gasteiger charge is -2.26. The Morgan fingerprint density at radius 1 is 1.10 bits per heavy atom. The van der Waals surface area contributed by atoms with E-state index >= 15 is 0 Å². The molecular formula is C19H19Cl3N2O4S. The summed E-state index contributed by atoms with van der Waals surface area (Å²) in [4.78, 5) is 12.6. The van der Waals surface area contributed by atoms with Crippen molar-refractivity contribution in [3.8, 4) is 0 Å². The average molecular weight is 478 g/mol. The average Bonchev–Trinajstić information content (AvgIpc) is 2.68. The number of benzene rings is 2. The molecule has 1 saturated heterocycles. The molecule has 2 aromatic carbocycles. The number of morpholine rings is 1. The molecule has 0 radical (unpaired) electrons. The van der Waals surface area contributed by atoms with Crippen LogP contribution in [0.3, 0.4) is 0 Å². The monoisotopic (exact) mass is 476 g/mol. The van der Waals surface area contributed by atoms with E-state index in [0.717, 1.165) is 5.56 Å². The van der Waals surface area contributed by atoms with Gasteiger partial charge in [-0.15, -0.1) is 0 Å². The van der Waals surface area contributed by atoms with Gasteiger partial charge in [-0.25, -0.2) is 8.42 Å². The molecule has 1 heterocycles. The number of amides is 1. The molecule has 10 heteroatoms. The van der Waals surface area contributed by atoms with Crippen LogP contribution < -0.4 is 5.32 Å². The number of hydrogen-bond acceptors (Lipinski definition) is 4. The van der Waals surface area contributed by atoms with E-state index in [0.29, 0.717) is 18.2 Å². The maximum Gasteiger partial charge on any atom is 0.253 e. The first-order valence-electron chi connectivity index (χ1n) is 8.83. The summed E-state index contributed by atoms with van der Waals surface area (Å²) >= 11 is 18.4. The highest BCUT2D eigenvalue weighted by atomic mass is 35.5. The van der Waals surface area contributed by atoms with Crippen LogP contribution in [0.5, 0.6) is 0 Å². The predicted octanol–water partition coefficient (Wildman–Crippen LogP) is 4.16.